The molecule has 1 aliphatic carbocycles. The molecule has 0 saturated heterocycles. The van der Waals surface area contributed by atoms with Crippen molar-refractivity contribution in [3.63, 3.8) is 0 Å². The van der Waals surface area contributed by atoms with E-state index in [1.165, 1.54) is 31.4 Å². The second kappa shape index (κ2) is 6.82. The first kappa shape index (κ1) is 15.5. The van der Waals surface area contributed by atoms with E-state index in [1.807, 2.05) is 4.68 Å². The van der Waals surface area contributed by atoms with Gasteiger partial charge >= 0.3 is 0 Å². The first-order chi connectivity index (χ1) is 10.7. The number of nitrogens with zero attached hydrogens (tertiary/aromatic N) is 2. The zero-order valence-electron chi connectivity index (χ0n) is 13.7. The lowest BCUT2D eigenvalue weighted by atomic mass is 10.1. The largest absolute Gasteiger partial charge is 0.376 e. The van der Waals surface area contributed by atoms with E-state index in [-0.39, 0.29) is 11.9 Å². The van der Waals surface area contributed by atoms with Crippen LogP contribution in [0.25, 0.3) is 0 Å². The van der Waals surface area contributed by atoms with E-state index in [0.29, 0.717) is 18.3 Å². The lowest BCUT2D eigenvalue weighted by Crippen LogP contribution is -2.35. The van der Waals surface area contributed by atoms with Gasteiger partial charge in [0.25, 0.3) is 5.91 Å². The van der Waals surface area contributed by atoms with Crippen LogP contribution in [0.3, 0.4) is 0 Å². The molecule has 1 N–H and O–H groups in total. The Hall–Kier alpha value is -1.36. The van der Waals surface area contributed by atoms with Crippen molar-refractivity contribution < 1.29 is 9.53 Å². The number of nitrogens with one attached hydrogen (secondary N) is 1. The maximum Gasteiger partial charge on any atom is 0.272 e. The minimum Gasteiger partial charge on any atom is -0.376 e. The van der Waals surface area contributed by atoms with E-state index in [4.69, 9.17) is 4.74 Å². The van der Waals surface area contributed by atoms with E-state index in [9.17, 15) is 4.79 Å². The highest BCUT2D eigenvalue weighted by Crippen LogP contribution is 2.24. The molecule has 1 saturated carbocycles. The van der Waals surface area contributed by atoms with Gasteiger partial charge in [-0.2, -0.15) is 5.10 Å². The van der Waals surface area contributed by atoms with Crippen molar-refractivity contribution in [3.8, 4) is 0 Å². The quantitative estimate of drug-likeness (QED) is 0.873. The fourth-order valence-electron chi connectivity index (χ4n) is 3.55. The highest BCUT2D eigenvalue weighted by atomic mass is 16.5. The number of aromatic nitrogens is 2. The van der Waals surface area contributed by atoms with Gasteiger partial charge in [0.05, 0.1) is 13.2 Å². The van der Waals surface area contributed by atoms with Crippen LogP contribution in [0.5, 0.6) is 0 Å². The van der Waals surface area contributed by atoms with E-state index >= 15 is 0 Å². The third kappa shape index (κ3) is 3.19. The lowest BCUT2D eigenvalue weighted by Gasteiger charge is -2.17. The number of fused-ring (bicyclic) bond motifs is 1. The molecular weight excluding hydrogens is 278 g/mol. The summed E-state index contributed by atoms with van der Waals surface area (Å²) in [6.45, 7) is 5.44. The van der Waals surface area contributed by atoms with Crippen LogP contribution in [0.4, 0.5) is 0 Å². The van der Waals surface area contributed by atoms with Gasteiger partial charge < -0.3 is 10.1 Å². The number of amides is 1. The Morgan fingerprint density at radius 1 is 1.27 bits per heavy atom. The van der Waals surface area contributed by atoms with Crippen molar-refractivity contribution in [2.24, 2.45) is 0 Å². The van der Waals surface area contributed by atoms with Gasteiger partial charge in [-0.15, -0.1) is 0 Å². The van der Waals surface area contributed by atoms with Crippen molar-refractivity contribution >= 4 is 5.91 Å². The van der Waals surface area contributed by atoms with Crippen molar-refractivity contribution in [1.29, 1.82) is 0 Å². The molecule has 1 amide bonds. The van der Waals surface area contributed by atoms with Crippen molar-refractivity contribution in [2.75, 3.05) is 6.61 Å². The van der Waals surface area contributed by atoms with Crippen molar-refractivity contribution in [2.45, 2.75) is 77.5 Å². The van der Waals surface area contributed by atoms with Gasteiger partial charge in [-0.1, -0.05) is 25.7 Å². The van der Waals surface area contributed by atoms with Gasteiger partial charge in [0, 0.05) is 29.8 Å². The summed E-state index contributed by atoms with van der Waals surface area (Å²) in [5.74, 6) is -0.0203. The van der Waals surface area contributed by atoms with Crippen LogP contribution < -0.4 is 5.32 Å². The highest BCUT2D eigenvalue weighted by molar-refractivity contribution is 5.94. The molecule has 0 spiro atoms. The van der Waals surface area contributed by atoms with Gasteiger partial charge in [0.15, 0.2) is 5.69 Å². The molecule has 0 unspecified atom stereocenters. The number of hydrogen-bond acceptors (Lipinski definition) is 3. The first-order valence-corrected chi connectivity index (χ1v) is 8.65. The molecule has 5 heteroatoms. The summed E-state index contributed by atoms with van der Waals surface area (Å²) >= 11 is 0. The Labute approximate surface area is 132 Å². The van der Waals surface area contributed by atoms with Crippen molar-refractivity contribution in [1.82, 2.24) is 15.1 Å². The normalized spacial score (nSPS) is 19.8. The van der Waals surface area contributed by atoms with E-state index in [0.717, 1.165) is 31.4 Å². The Balaban J connectivity index is 1.79. The zero-order chi connectivity index (χ0) is 15.5. The van der Waals surface area contributed by atoms with Crippen LogP contribution in [-0.4, -0.2) is 28.3 Å². The molecule has 1 aromatic rings. The number of carbonyl (C=O) groups is 1. The van der Waals surface area contributed by atoms with Gasteiger partial charge in [-0.25, -0.2) is 0 Å². The van der Waals surface area contributed by atoms with Crippen LogP contribution in [0.2, 0.25) is 0 Å². The summed E-state index contributed by atoms with van der Waals surface area (Å²) < 4.78 is 7.56. The molecule has 0 radical (unpaired) electrons. The molecule has 3 rings (SSSR count). The van der Waals surface area contributed by atoms with Gasteiger partial charge in [0.2, 0.25) is 0 Å². The minimum atomic E-state index is -0.0203. The molecule has 122 valence electrons. The Morgan fingerprint density at radius 3 is 2.68 bits per heavy atom. The predicted molar refractivity (Wildman–Crippen MR) is 84.9 cm³/mol. The Kier molecular flexibility index (Phi) is 4.81. The van der Waals surface area contributed by atoms with E-state index in [1.54, 1.807) is 0 Å². The molecule has 1 aromatic heterocycles. The summed E-state index contributed by atoms with van der Waals surface area (Å²) in [4.78, 5) is 12.7. The van der Waals surface area contributed by atoms with Crippen LogP contribution in [0.15, 0.2) is 0 Å². The summed E-state index contributed by atoms with van der Waals surface area (Å²) in [7, 11) is 0. The molecule has 1 aliphatic heterocycles. The molecule has 0 bridgehead atoms. The molecule has 1 fully saturated rings. The topological polar surface area (TPSA) is 56.2 Å². The third-order valence-corrected chi connectivity index (χ3v) is 4.74. The third-order valence-electron chi connectivity index (χ3n) is 4.74. The van der Waals surface area contributed by atoms with Crippen LogP contribution in [0, 0.1) is 0 Å². The summed E-state index contributed by atoms with van der Waals surface area (Å²) in [6.07, 6.45) is 8.04. The zero-order valence-corrected chi connectivity index (χ0v) is 13.7. The smallest absolute Gasteiger partial charge is 0.272 e. The van der Waals surface area contributed by atoms with E-state index in [2.05, 4.69) is 24.3 Å². The average Bonchev–Trinajstić information content (AvgIpc) is 2.72. The Morgan fingerprint density at radius 2 is 2.00 bits per heavy atom. The van der Waals surface area contributed by atoms with E-state index < -0.39 is 0 Å². The molecule has 2 aliphatic rings. The molecular formula is C17H27N3O2. The molecule has 22 heavy (non-hydrogen) atoms. The van der Waals surface area contributed by atoms with Crippen molar-refractivity contribution in [3.05, 3.63) is 17.0 Å². The summed E-state index contributed by atoms with van der Waals surface area (Å²) in [5.41, 5.74) is 2.74. The second-order valence-electron chi connectivity index (χ2n) is 6.78. The standard InChI is InChI=1S/C17H27N3O2/c1-12(2)20-15-9-10-22-11-14(15)16(19-20)17(21)18-13-7-5-3-4-6-8-13/h12-13H,3-11H2,1-2H3,(H,18,21). The molecule has 0 aromatic carbocycles. The average molecular weight is 305 g/mol. The monoisotopic (exact) mass is 305 g/mol. The summed E-state index contributed by atoms with van der Waals surface area (Å²) in [5, 5.41) is 7.81. The van der Waals surface area contributed by atoms with Crippen LogP contribution in [0.1, 0.15) is 80.2 Å². The predicted octanol–water partition coefficient (Wildman–Crippen LogP) is 2.99. The molecule has 0 atom stereocenters. The lowest BCUT2D eigenvalue weighted by molar-refractivity contribution is 0.0906. The first-order valence-electron chi connectivity index (χ1n) is 8.65. The molecule has 2 heterocycles. The number of ether oxygens (including phenoxy) is 1. The molecule has 5 nitrogen and oxygen atoms in total. The maximum absolute atomic E-state index is 12.7. The fraction of sp³-hybridized carbons (Fsp3) is 0.765. The van der Waals surface area contributed by atoms with Crippen LogP contribution in [-0.2, 0) is 17.8 Å². The number of hydrogen-bond donors (Lipinski definition) is 1. The minimum absolute atomic E-state index is 0.0203. The second-order valence-corrected chi connectivity index (χ2v) is 6.78. The fourth-order valence-corrected chi connectivity index (χ4v) is 3.55. The van der Waals surface area contributed by atoms with Gasteiger partial charge in [-0.05, 0) is 26.7 Å². The highest BCUT2D eigenvalue weighted by Gasteiger charge is 2.27. The summed E-state index contributed by atoms with van der Waals surface area (Å²) in [6, 6.07) is 0.575. The Bertz CT molecular complexity index is 528. The maximum atomic E-state index is 12.7. The SMILES string of the molecule is CC(C)n1nc(C(=O)NC2CCCCCC2)c2c1CCOC2. The van der Waals surface area contributed by atoms with Gasteiger partial charge in [0.1, 0.15) is 0 Å². The number of carbonyl (C=O) groups excluding carboxylic acids is 1. The van der Waals surface area contributed by atoms with Gasteiger partial charge in [-0.3, -0.25) is 9.48 Å². The van der Waals surface area contributed by atoms with Crippen LogP contribution >= 0.6 is 0 Å². The number of rotatable bonds is 3.